The number of halogens is 1. The minimum atomic E-state index is -0.208. The maximum Gasteiger partial charge on any atom is 0.147 e. The van der Waals surface area contributed by atoms with E-state index in [0.29, 0.717) is 16.2 Å². The van der Waals surface area contributed by atoms with Crippen molar-refractivity contribution in [2.75, 3.05) is 0 Å². The van der Waals surface area contributed by atoms with Crippen LogP contribution in [0, 0.1) is 6.92 Å². The molecular formula is C21H26ClN3O. The SMILES string of the molecule is Cc1c(C(C)(C)C)cc(-n2nc3ccc(Cl)cc3n2)c(O)c1C(C)(C)C. The van der Waals surface area contributed by atoms with E-state index >= 15 is 0 Å². The van der Waals surface area contributed by atoms with Gasteiger partial charge in [-0.2, -0.15) is 0 Å². The van der Waals surface area contributed by atoms with E-state index in [1.54, 1.807) is 12.1 Å². The predicted molar refractivity (Wildman–Crippen MR) is 108 cm³/mol. The second-order valence-electron chi connectivity index (χ2n) is 8.91. The number of benzene rings is 2. The Morgan fingerprint density at radius 1 is 0.923 bits per heavy atom. The van der Waals surface area contributed by atoms with E-state index in [1.807, 2.05) is 12.1 Å². The van der Waals surface area contributed by atoms with Gasteiger partial charge in [0.05, 0.1) is 0 Å². The molecule has 5 heteroatoms. The van der Waals surface area contributed by atoms with Crippen molar-refractivity contribution in [1.82, 2.24) is 15.0 Å². The number of hydrogen-bond acceptors (Lipinski definition) is 3. The van der Waals surface area contributed by atoms with Gasteiger partial charge in [0.15, 0.2) is 0 Å². The topological polar surface area (TPSA) is 50.9 Å². The second kappa shape index (κ2) is 5.98. The molecule has 0 radical (unpaired) electrons. The fraction of sp³-hybridized carbons (Fsp3) is 0.429. The van der Waals surface area contributed by atoms with Crippen LogP contribution in [-0.2, 0) is 10.8 Å². The second-order valence-corrected chi connectivity index (χ2v) is 9.35. The smallest absolute Gasteiger partial charge is 0.147 e. The molecule has 0 fully saturated rings. The Balaban J connectivity index is 2.35. The highest BCUT2D eigenvalue weighted by atomic mass is 35.5. The lowest BCUT2D eigenvalue weighted by Crippen LogP contribution is -2.21. The van der Waals surface area contributed by atoms with Gasteiger partial charge in [0.25, 0.3) is 0 Å². The van der Waals surface area contributed by atoms with Gasteiger partial charge in [-0.1, -0.05) is 53.1 Å². The number of aromatic hydroxyl groups is 1. The van der Waals surface area contributed by atoms with Crippen molar-refractivity contribution in [2.24, 2.45) is 0 Å². The zero-order valence-electron chi connectivity index (χ0n) is 16.5. The van der Waals surface area contributed by atoms with Gasteiger partial charge in [0.2, 0.25) is 0 Å². The molecule has 3 rings (SSSR count). The molecule has 0 unspecified atom stereocenters. The standard InChI is InChI=1S/C21H26ClN3O/c1-12-14(20(2,3)4)11-17(19(26)18(12)21(5,6)7)25-23-15-9-8-13(22)10-16(15)24-25/h8-11,26H,1-7H3. The summed E-state index contributed by atoms with van der Waals surface area (Å²) in [5, 5.41) is 20.8. The first-order valence-electron chi connectivity index (χ1n) is 8.80. The lowest BCUT2D eigenvalue weighted by atomic mass is 9.76. The van der Waals surface area contributed by atoms with Crippen molar-refractivity contribution in [3.8, 4) is 11.4 Å². The van der Waals surface area contributed by atoms with Gasteiger partial charge in [0.1, 0.15) is 22.5 Å². The summed E-state index contributed by atoms with van der Waals surface area (Å²) in [5.41, 5.74) is 4.98. The largest absolute Gasteiger partial charge is 0.505 e. The first-order valence-corrected chi connectivity index (χ1v) is 9.18. The van der Waals surface area contributed by atoms with Crippen molar-refractivity contribution in [2.45, 2.75) is 59.3 Å². The highest BCUT2D eigenvalue weighted by Gasteiger charge is 2.29. The van der Waals surface area contributed by atoms with Crippen LogP contribution in [0.3, 0.4) is 0 Å². The van der Waals surface area contributed by atoms with Gasteiger partial charge >= 0.3 is 0 Å². The van der Waals surface area contributed by atoms with Crippen molar-refractivity contribution in [3.63, 3.8) is 0 Å². The quantitative estimate of drug-likeness (QED) is 0.598. The van der Waals surface area contributed by atoms with Crippen molar-refractivity contribution in [3.05, 3.63) is 46.0 Å². The van der Waals surface area contributed by atoms with E-state index in [9.17, 15) is 5.11 Å². The van der Waals surface area contributed by atoms with Crippen LogP contribution in [0.1, 0.15) is 58.2 Å². The first-order chi connectivity index (χ1) is 11.9. The Bertz CT molecular complexity index is 991. The Morgan fingerprint density at radius 3 is 2.12 bits per heavy atom. The molecule has 3 aromatic rings. The molecule has 0 atom stereocenters. The molecule has 1 aromatic heterocycles. The number of rotatable bonds is 1. The van der Waals surface area contributed by atoms with Crippen LogP contribution in [0.4, 0.5) is 0 Å². The maximum atomic E-state index is 11.1. The molecule has 0 saturated heterocycles. The molecule has 0 aliphatic carbocycles. The van der Waals surface area contributed by atoms with Crippen LogP contribution < -0.4 is 0 Å². The summed E-state index contributed by atoms with van der Waals surface area (Å²) in [6, 6.07) is 7.40. The zero-order chi connectivity index (χ0) is 19.4. The Kier molecular flexibility index (Phi) is 4.31. The molecule has 1 heterocycles. The van der Waals surface area contributed by atoms with Crippen LogP contribution >= 0.6 is 11.6 Å². The van der Waals surface area contributed by atoms with E-state index in [0.717, 1.165) is 16.6 Å². The summed E-state index contributed by atoms with van der Waals surface area (Å²) < 4.78 is 0. The predicted octanol–water partition coefficient (Wildman–Crippen LogP) is 5.68. The van der Waals surface area contributed by atoms with Crippen LogP contribution in [0.25, 0.3) is 16.7 Å². The molecule has 4 nitrogen and oxygen atoms in total. The summed E-state index contributed by atoms with van der Waals surface area (Å²) in [6.07, 6.45) is 0. The Hall–Kier alpha value is -2.07. The van der Waals surface area contributed by atoms with Crippen molar-refractivity contribution >= 4 is 22.6 Å². The summed E-state index contributed by atoms with van der Waals surface area (Å²) in [7, 11) is 0. The summed E-state index contributed by atoms with van der Waals surface area (Å²) in [6.45, 7) is 14.9. The molecule has 2 aromatic carbocycles. The van der Waals surface area contributed by atoms with E-state index in [2.05, 4.69) is 58.7 Å². The highest BCUT2D eigenvalue weighted by Crippen LogP contribution is 2.42. The average molecular weight is 372 g/mol. The lowest BCUT2D eigenvalue weighted by molar-refractivity contribution is 0.436. The summed E-state index contributed by atoms with van der Waals surface area (Å²) in [4.78, 5) is 1.51. The number of fused-ring (bicyclic) bond motifs is 1. The third-order valence-corrected chi connectivity index (χ3v) is 4.89. The summed E-state index contributed by atoms with van der Waals surface area (Å²) >= 11 is 6.07. The third-order valence-electron chi connectivity index (χ3n) is 4.66. The first kappa shape index (κ1) is 18.7. The Morgan fingerprint density at radius 2 is 1.54 bits per heavy atom. The number of aromatic nitrogens is 3. The number of hydrogen-bond donors (Lipinski definition) is 1. The number of nitrogens with zero attached hydrogens (tertiary/aromatic N) is 3. The van der Waals surface area contributed by atoms with E-state index in [-0.39, 0.29) is 16.6 Å². The third kappa shape index (κ3) is 3.18. The lowest BCUT2D eigenvalue weighted by Gasteiger charge is -2.30. The molecule has 0 saturated carbocycles. The number of phenolic OH excluding ortho intramolecular Hbond substituents is 1. The highest BCUT2D eigenvalue weighted by molar-refractivity contribution is 6.31. The maximum absolute atomic E-state index is 11.1. The van der Waals surface area contributed by atoms with E-state index < -0.39 is 0 Å². The molecule has 0 aliphatic rings. The molecule has 0 spiro atoms. The van der Waals surface area contributed by atoms with Gasteiger partial charge in [0, 0.05) is 10.6 Å². The molecule has 138 valence electrons. The van der Waals surface area contributed by atoms with Gasteiger partial charge in [-0.25, -0.2) is 0 Å². The molecule has 0 bridgehead atoms. The number of phenols is 1. The van der Waals surface area contributed by atoms with Crippen LogP contribution in [0.2, 0.25) is 5.02 Å². The van der Waals surface area contributed by atoms with Gasteiger partial charge < -0.3 is 5.11 Å². The molecular weight excluding hydrogens is 346 g/mol. The molecule has 1 N–H and O–H groups in total. The molecule has 26 heavy (non-hydrogen) atoms. The minimum Gasteiger partial charge on any atom is -0.505 e. The van der Waals surface area contributed by atoms with Crippen molar-refractivity contribution in [1.29, 1.82) is 0 Å². The van der Waals surface area contributed by atoms with Crippen molar-refractivity contribution < 1.29 is 5.11 Å². The minimum absolute atomic E-state index is 0.0670. The normalized spacial score (nSPS) is 12.8. The summed E-state index contributed by atoms with van der Waals surface area (Å²) in [5.74, 6) is 0.231. The molecule has 0 amide bonds. The monoisotopic (exact) mass is 371 g/mol. The Labute approximate surface area is 159 Å². The van der Waals surface area contributed by atoms with Crippen LogP contribution in [0.5, 0.6) is 5.75 Å². The molecule has 0 aliphatic heterocycles. The van der Waals surface area contributed by atoms with Crippen LogP contribution in [0.15, 0.2) is 24.3 Å². The van der Waals surface area contributed by atoms with Gasteiger partial charge in [-0.15, -0.1) is 15.0 Å². The average Bonchev–Trinajstić information content (AvgIpc) is 2.87. The van der Waals surface area contributed by atoms with Crippen LogP contribution in [-0.4, -0.2) is 20.1 Å². The fourth-order valence-electron chi connectivity index (χ4n) is 3.60. The fourth-order valence-corrected chi connectivity index (χ4v) is 3.76. The van der Waals surface area contributed by atoms with E-state index in [4.69, 9.17) is 11.6 Å². The zero-order valence-corrected chi connectivity index (χ0v) is 17.2. The van der Waals surface area contributed by atoms with E-state index in [1.165, 1.54) is 10.4 Å². The van der Waals surface area contributed by atoms with Gasteiger partial charge in [-0.3, -0.25) is 0 Å². The van der Waals surface area contributed by atoms with Gasteiger partial charge in [-0.05, 0) is 53.1 Å².